The third kappa shape index (κ3) is 4.94. The second-order valence-electron chi connectivity index (χ2n) is 5.04. The zero-order valence-electron chi connectivity index (χ0n) is 11.3. The van der Waals surface area contributed by atoms with Gasteiger partial charge in [-0.05, 0) is 27.2 Å². The van der Waals surface area contributed by atoms with Crippen LogP contribution in [-0.4, -0.2) is 38.4 Å². The SMILES string of the molecule is CC(C)(C)n1ncnc1NC(=O)NCCCC(=O)O. The van der Waals surface area contributed by atoms with E-state index in [1.165, 1.54) is 6.33 Å². The highest BCUT2D eigenvalue weighted by Gasteiger charge is 2.19. The molecule has 0 atom stereocenters. The van der Waals surface area contributed by atoms with Gasteiger partial charge in [-0.3, -0.25) is 10.1 Å². The summed E-state index contributed by atoms with van der Waals surface area (Å²) < 4.78 is 1.60. The number of hydrogen-bond acceptors (Lipinski definition) is 4. The molecule has 8 heteroatoms. The first-order valence-electron chi connectivity index (χ1n) is 5.98. The molecule has 1 heterocycles. The van der Waals surface area contributed by atoms with Crippen LogP contribution in [0.2, 0.25) is 0 Å². The summed E-state index contributed by atoms with van der Waals surface area (Å²) in [5, 5.41) is 17.6. The maximum absolute atomic E-state index is 11.6. The van der Waals surface area contributed by atoms with Crippen molar-refractivity contribution in [1.82, 2.24) is 20.1 Å². The van der Waals surface area contributed by atoms with E-state index in [9.17, 15) is 9.59 Å². The van der Waals surface area contributed by atoms with Gasteiger partial charge in [-0.2, -0.15) is 10.1 Å². The van der Waals surface area contributed by atoms with E-state index in [4.69, 9.17) is 5.11 Å². The number of carboxylic acid groups (broad SMARTS) is 1. The fraction of sp³-hybridized carbons (Fsp3) is 0.636. The van der Waals surface area contributed by atoms with Gasteiger partial charge in [0, 0.05) is 13.0 Å². The summed E-state index contributed by atoms with van der Waals surface area (Å²) in [4.78, 5) is 25.9. The minimum Gasteiger partial charge on any atom is -0.481 e. The number of amides is 2. The molecule has 3 N–H and O–H groups in total. The van der Waals surface area contributed by atoms with Gasteiger partial charge in [0.1, 0.15) is 6.33 Å². The van der Waals surface area contributed by atoms with E-state index in [0.29, 0.717) is 18.9 Å². The Hall–Kier alpha value is -2.12. The van der Waals surface area contributed by atoms with Crippen molar-refractivity contribution in [2.45, 2.75) is 39.2 Å². The molecule has 0 saturated carbocycles. The predicted octanol–water partition coefficient (Wildman–Crippen LogP) is 1.02. The number of carbonyl (C=O) groups excluding carboxylic acids is 1. The maximum Gasteiger partial charge on any atom is 0.321 e. The molecule has 0 aromatic carbocycles. The van der Waals surface area contributed by atoms with Crippen molar-refractivity contribution in [2.24, 2.45) is 0 Å². The third-order valence-corrected chi connectivity index (χ3v) is 2.26. The molecule has 1 aromatic rings. The summed E-state index contributed by atoms with van der Waals surface area (Å²) in [6, 6.07) is -0.427. The Bertz CT molecular complexity index is 449. The molecule has 0 aliphatic rings. The lowest BCUT2D eigenvalue weighted by atomic mass is 10.1. The first-order chi connectivity index (χ1) is 8.80. The number of urea groups is 1. The van der Waals surface area contributed by atoms with Gasteiger partial charge in [0.2, 0.25) is 5.95 Å². The van der Waals surface area contributed by atoms with Gasteiger partial charge < -0.3 is 10.4 Å². The normalized spacial score (nSPS) is 11.1. The smallest absolute Gasteiger partial charge is 0.321 e. The van der Waals surface area contributed by atoms with Gasteiger partial charge in [-0.1, -0.05) is 0 Å². The Balaban J connectivity index is 2.45. The van der Waals surface area contributed by atoms with Crippen molar-refractivity contribution in [2.75, 3.05) is 11.9 Å². The van der Waals surface area contributed by atoms with E-state index in [-0.39, 0.29) is 12.0 Å². The van der Waals surface area contributed by atoms with Crippen LogP contribution in [0.1, 0.15) is 33.6 Å². The van der Waals surface area contributed by atoms with Crippen molar-refractivity contribution in [3.63, 3.8) is 0 Å². The van der Waals surface area contributed by atoms with E-state index in [1.54, 1.807) is 4.68 Å². The molecule has 0 radical (unpaired) electrons. The monoisotopic (exact) mass is 269 g/mol. The van der Waals surface area contributed by atoms with Crippen LogP contribution in [0, 0.1) is 0 Å². The zero-order valence-corrected chi connectivity index (χ0v) is 11.3. The molecule has 19 heavy (non-hydrogen) atoms. The van der Waals surface area contributed by atoms with Gasteiger partial charge >= 0.3 is 12.0 Å². The van der Waals surface area contributed by atoms with Crippen LogP contribution in [-0.2, 0) is 10.3 Å². The molecule has 1 aromatic heterocycles. The van der Waals surface area contributed by atoms with Gasteiger partial charge in [0.15, 0.2) is 0 Å². The highest BCUT2D eigenvalue weighted by Crippen LogP contribution is 2.16. The van der Waals surface area contributed by atoms with E-state index >= 15 is 0 Å². The summed E-state index contributed by atoms with van der Waals surface area (Å²) >= 11 is 0. The second kappa shape index (κ2) is 6.17. The number of rotatable bonds is 5. The fourth-order valence-corrected chi connectivity index (χ4v) is 1.40. The first-order valence-corrected chi connectivity index (χ1v) is 5.98. The van der Waals surface area contributed by atoms with Crippen LogP contribution in [0.4, 0.5) is 10.7 Å². The van der Waals surface area contributed by atoms with Crippen LogP contribution in [0.15, 0.2) is 6.33 Å². The molecule has 0 fully saturated rings. The van der Waals surface area contributed by atoms with Crippen molar-refractivity contribution in [3.8, 4) is 0 Å². The van der Waals surface area contributed by atoms with Crippen LogP contribution < -0.4 is 10.6 Å². The topological polar surface area (TPSA) is 109 Å². The van der Waals surface area contributed by atoms with Crippen molar-refractivity contribution in [3.05, 3.63) is 6.33 Å². The summed E-state index contributed by atoms with van der Waals surface area (Å²) in [7, 11) is 0. The Kier molecular flexibility index (Phi) is 4.85. The Morgan fingerprint density at radius 2 is 2.11 bits per heavy atom. The lowest BCUT2D eigenvalue weighted by Gasteiger charge is -2.21. The summed E-state index contributed by atoms with van der Waals surface area (Å²) in [5.74, 6) is -0.530. The van der Waals surface area contributed by atoms with Gasteiger partial charge in [0.25, 0.3) is 0 Å². The molecular formula is C11H19N5O3. The number of aromatic nitrogens is 3. The van der Waals surface area contributed by atoms with Crippen molar-refractivity contribution >= 4 is 17.9 Å². The van der Waals surface area contributed by atoms with E-state index in [1.807, 2.05) is 20.8 Å². The average Bonchev–Trinajstić information content (AvgIpc) is 2.72. The molecular weight excluding hydrogens is 250 g/mol. The predicted molar refractivity (Wildman–Crippen MR) is 68.9 cm³/mol. The summed E-state index contributed by atoms with van der Waals surface area (Å²) in [6.45, 7) is 6.12. The molecule has 2 amide bonds. The van der Waals surface area contributed by atoms with Crippen LogP contribution in [0.3, 0.4) is 0 Å². The number of hydrogen-bond donors (Lipinski definition) is 3. The zero-order chi connectivity index (χ0) is 14.5. The number of nitrogens with zero attached hydrogens (tertiary/aromatic N) is 3. The highest BCUT2D eigenvalue weighted by molar-refractivity contribution is 5.87. The Morgan fingerprint density at radius 3 is 2.68 bits per heavy atom. The molecule has 0 bridgehead atoms. The minimum atomic E-state index is -0.880. The maximum atomic E-state index is 11.6. The summed E-state index contributed by atoms with van der Waals surface area (Å²) in [6.07, 6.45) is 1.78. The van der Waals surface area contributed by atoms with Crippen molar-refractivity contribution < 1.29 is 14.7 Å². The minimum absolute atomic E-state index is 0.0262. The van der Waals surface area contributed by atoms with Gasteiger partial charge in [-0.15, -0.1) is 0 Å². The standard InChI is InChI=1S/C11H19N5O3/c1-11(2,3)16-9(13-7-14-16)15-10(19)12-6-4-5-8(17)18/h7H,4-6H2,1-3H3,(H,17,18)(H2,12,13,14,15,19). The number of carbonyl (C=O) groups is 2. The van der Waals surface area contributed by atoms with Crippen molar-refractivity contribution in [1.29, 1.82) is 0 Å². The molecule has 0 unspecified atom stereocenters. The molecule has 0 spiro atoms. The average molecular weight is 269 g/mol. The second-order valence-corrected chi connectivity index (χ2v) is 5.04. The molecule has 0 saturated heterocycles. The first kappa shape index (κ1) is 14.9. The summed E-state index contributed by atoms with van der Waals surface area (Å²) in [5.41, 5.74) is -0.289. The van der Waals surface area contributed by atoms with E-state index < -0.39 is 12.0 Å². The largest absolute Gasteiger partial charge is 0.481 e. The fourth-order valence-electron chi connectivity index (χ4n) is 1.40. The van der Waals surface area contributed by atoms with Crippen LogP contribution >= 0.6 is 0 Å². The molecule has 0 aliphatic carbocycles. The molecule has 8 nitrogen and oxygen atoms in total. The van der Waals surface area contributed by atoms with Gasteiger partial charge in [0.05, 0.1) is 5.54 Å². The number of nitrogens with one attached hydrogen (secondary N) is 2. The number of aliphatic carboxylic acids is 1. The molecule has 1 rings (SSSR count). The molecule has 106 valence electrons. The quantitative estimate of drug-likeness (QED) is 0.691. The lowest BCUT2D eigenvalue weighted by molar-refractivity contribution is -0.137. The lowest BCUT2D eigenvalue weighted by Crippen LogP contribution is -2.33. The van der Waals surface area contributed by atoms with E-state index in [2.05, 4.69) is 20.7 Å². The molecule has 0 aliphatic heterocycles. The van der Waals surface area contributed by atoms with Gasteiger partial charge in [-0.25, -0.2) is 9.48 Å². The highest BCUT2D eigenvalue weighted by atomic mass is 16.4. The number of anilines is 1. The Morgan fingerprint density at radius 1 is 1.42 bits per heavy atom. The van der Waals surface area contributed by atoms with Crippen LogP contribution in [0.5, 0.6) is 0 Å². The Labute approximate surface area is 111 Å². The number of carboxylic acids is 1. The third-order valence-electron chi connectivity index (χ3n) is 2.26. The van der Waals surface area contributed by atoms with E-state index in [0.717, 1.165) is 0 Å². The van der Waals surface area contributed by atoms with Crippen LogP contribution in [0.25, 0.3) is 0 Å².